The quantitative estimate of drug-likeness (QED) is 0.815. The second-order valence-corrected chi connectivity index (χ2v) is 4.75. The zero-order chi connectivity index (χ0) is 11.2. The van der Waals surface area contributed by atoms with Crippen LogP contribution in [0.3, 0.4) is 0 Å². The van der Waals surface area contributed by atoms with E-state index in [-0.39, 0.29) is 0 Å². The van der Waals surface area contributed by atoms with Crippen LogP contribution in [0.25, 0.3) is 0 Å². The Kier molecular flexibility index (Phi) is 4.23. The van der Waals surface area contributed by atoms with Gasteiger partial charge in [0, 0.05) is 18.3 Å². The number of aryl methyl sites for hydroxylation is 1. The monoisotopic (exact) mass is 218 g/mol. The molecule has 1 aliphatic heterocycles. The van der Waals surface area contributed by atoms with Crippen LogP contribution in [0.15, 0.2) is 24.3 Å². The molecule has 16 heavy (non-hydrogen) atoms. The summed E-state index contributed by atoms with van der Waals surface area (Å²) in [7, 11) is 0. The van der Waals surface area contributed by atoms with Crippen molar-refractivity contribution < 1.29 is 0 Å². The molecule has 2 heteroatoms. The van der Waals surface area contributed by atoms with Gasteiger partial charge < -0.3 is 10.6 Å². The van der Waals surface area contributed by atoms with Crippen LogP contribution in [-0.4, -0.2) is 19.1 Å². The average Bonchev–Trinajstić information content (AvgIpc) is 2.55. The average molecular weight is 218 g/mol. The normalized spacial score (nSPS) is 21.4. The lowest BCUT2D eigenvalue weighted by molar-refractivity contribution is 0.530. The minimum absolute atomic E-state index is 0.642. The Labute approximate surface area is 98.4 Å². The van der Waals surface area contributed by atoms with Gasteiger partial charge in [0.15, 0.2) is 0 Å². The summed E-state index contributed by atoms with van der Waals surface area (Å²) in [4.78, 5) is 0. The van der Waals surface area contributed by atoms with E-state index in [1.165, 1.54) is 43.5 Å². The topological polar surface area (TPSA) is 24.1 Å². The van der Waals surface area contributed by atoms with Crippen molar-refractivity contribution in [2.24, 2.45) is 0 Å². The van der Waals surface area contributed by atoms with Crippen molar-refractivity contribution in [3.63, 3.8) is 0 Å². The second-order valence-electron chi connectivity index (χ2n) is 4.75. The van der Waals surface area contributed by atoms with E-state index in [1.54, 1.807) is 0 Å². The summed E-state index contributed by atoms with van der Waals surface area (Å²) in [5, 5.41) is 7.12. The summed E-state index contributed by atoms with van der Waals surface area (Å²) in [5.41, 5.74) is 2.56. The SMILES string of the molecule is Cc1cccc(NCC2CCCCCN2)c1. The van der Waals surface area contributed by atoms with Gasteiger partial charge in [-0.25, -0.2) is 0 Å². The van der Waals surface area contributed by atoms with Crippen molar-refractivity contribution in [1.82, 2.24) is 5.32 Å². The fraction of sp³-hybridized carbons (Fsp3) is 0.571. The molecular formula is C14H22N2. The summed E-state index contributed by atoms with van der Waals surface area (Å²) < 4.78 is 0. The molecule has 2 rings (SSSR count). The minimum atomic E-state index is 0.642. The van der Waals surface area contributed by atoms with Gasteiger partial charge in [0.2, 0.25) is 0 Å². The van der Waals surface area contributed by atoms with Crippen LogP contribution >= 0.6 is 0 Å². The van der Waals surface area contributed by atoms with E-state index in [9.17, 15) is 0 Å². The summed E-state index contributed by atoms with van der Waals surface area (Å²) >= 11 is 0. The number of hydrogen-bond donors (Lipinski definition) is 2. The molecule has 2 nitrogen and oxygen atoms in total. The molecule has 88 valence electrons. The van der Waals surface area contributed by atoms with E-state index in [0.717, 1.165) is 6.54 Å². The molecule has 1 aromatic carbocycles. The predicted octanol–water partition coefficient (Wildman–Crippen LogP) is 2.94. The molecule has 1 heterocycles. The van der Waals surface area contributed by atoms with Gasteiger partial charge in [0.05, 0.1) is 0 Å². The highest BCUT2D eigenvalue weighted by atomic mass is 15.0. The van der Waals surface area contributed by atoms with Crippen molar-refractivity contribution >= 4 is 5.69 Å². The third kappa shape index (κ3) is 3.53. The van der Waals surface area contributed by atoms with E-state index in [0.29, 0.717) is 6.04 Å². The third-order valence-corrected chi connectivity index (χ3v) is 3.23. The molecule has 0 aromatic heterocycles. The number of nitrogens with one attached hydrogen (secondary N) is 2. The van der Waals surface area contributed by atoms with E-state index in [4.69, 9.17) is 0 Å². The molecule has 0 amide bonds. The molecule has 1 aromatic rings. The molecule has 1 unspecified atom stereocenters. The van der Waals surface area contributed by atoms with Gasteiger partial charge in [0.25, 0.3) is 0 Å². The predicted molar refractivity (Wildman–Crippen MR) is 69.9 cm³/mol. The number of anilines is 1. The van der Waals surface area contributed by atoms with Crippen molar-refractivity contribution in [2.45, 2.75) is 38.6 Å². The van der Waals surface area contributed by atoms with Gasteiger partial charge in [-0.05, 0) is 44.0 Å². The van der Waals surface area contributed by atoms with E-state index in [1.807, 2.05) is 0 Å². The Morgan fingerprint density at radius 3 is 3.12 bits per heavy atom. The van der Waals surface area contributed by atoms with Crippen LogP contribution in [0.5, 0.6) is 0 Å². The van der Waals surface area contributed by atoms with Gasteiger partial charge in [-0.1, -0.05) is 25.0 Å². The molecule has 0 aliphatic carbocycles. The Bertz CT molecular complexity index is 314. The van der Waals surface area contributed by atoms with E-state index >= 15 is 0 Å². The molecule has 0 saturated carbocycles. The lowest BCUT2D eigenvalue weighted by Crippen LogP contribution is -2.34. The van der Waals surface area contributed by atoms with Crippen LogP contribution in [0.1, 0.15) is 31.2 Å². The first-order valence-electron chi connectivity index (χ1n) is 6.38. The molecule has 0 radical (unpaired) electrons. The van der Waals surface area contributed by atoms with Crippen molar-refractivity contribution in [2.75, 3.05) is 18.4 Å². The number of benzene rings is 1. The molecule has 1 saturated heterocycles. The smallest absolute Gasteiger partial charge is 0.0343 e. The van der Waals surface area contributed by atoms with Crippen LogP contribution in [0.2, 0.25) is 0 Å². The van der Waals surface area contributed by atoms with Crippen LogP contribution < -0.4 is 10.6 Å². The van der Waals surface area contributed by atoms with Gasteiger partial charge in [-0.3, -0.25) is 0 Å². The molecule has 0 spiro atoms. The highest BCUT2D eigenvalue weighted by Crippen LogP contribution is 2.12. The summed E-state index contributed by atoms with van der Waals surface area (Å²) in [6.45, 7) is 4.36. The first kappa shape index (κ1) is 11.5. The van der Waals surface area contributed by atoms with Crippen molar-refractivity contribution in [3.8, 4) is 0 Å². The van der Waals surface area contributed by atoms with E-state index in [2.05, 4.69) is 41.8 Å². The van der Waals surface area contributed by atoms with Gasteiger partial charge in [-0.2, -0.15) is 0 Å². The highest BCUT2D eigenvalue weighted by Gasteiger charge is 2.10. The standard InChI is InChI=1S/C14H22N2/c1-12-6-5-8-13(10-12)16-11-14-7-3-2-4-9-15-14/h5-6,8,10,14-16H,2-4,7,9,11H2,1H3. The Morgan fingerprint density at radius 1 is 1.31 bits per heavy atom. The zero-order valence-corrected chi connectivity index (χ0v) is 10.1. The van der Waals surface area contributed by atoms with Crippen molar-refractivity contribution in [1.29, 1.82) is 0 Å². The molecule has 1 aliphatic rings. The largest absolute Gasteiger partial charge is 0.383 e. The van der Waals surface area contributed by atoms with Gasteiger partial charge in [-0.15, -0.1) is 0 Å². The maximum atomic E-state index is 3.60. The molecular weight excluding hydrogens is 196 g/mol. The highest BCUT2D eigenvalue weighted by molar-refractivity contribution is 5.45. The Morgan fingerprint density at radius 2 is 2.25 bits per heavy atom. The maximum Gasteiger partial charge on any atom is 0.0343 e. The van der Waals surface area contributed by atoms with E-state index < -0.39 is 0 Å². The lowest BCUT2D eigenvalue weighted by atomic mass is 10.1. The minimum Gasteiger partial charge on any atom is -0.383 e. The summed E-state index contributed by atoms with van der Waals surface area (Å²) in [6.07, 6.45) is 5.39. The fourth-order valence-electron chi connectivity index (χ4n) is 2.27. The second kappa shape index (κ2) is 5.90. The molecule has 1 atom stereocenters. The zero-order valence-electron chi connectivity index (χ0n) is 10.1. The lowest BCUT2D eigenvalue weighted by Gasteiger charge is -2.17. The summed E-state index contributed by atoms with van der Waals surface area (Å²) in [5.74, 6) is 0. The van der Waals surface area contributed by atoms with Crippen LogP contribution in [-0.2, 0) is 0 Å². The fourth-order valence-corrected chi connectivity index (χ4v) is 2.27. The first-order valence-corrected chi connectivity index (χ1v) is 6.38. The molecule has 2 N–H and O–H groups in total. The summed E-state index contributed by atoms with van der Waals surface area (Å²) in [6, 6.07) is 9.23. The Balaban J connectivity index is 1.81. The van der Waals surface area contributed by atoms with Crippen LogP contribution in [0.4, 0.5) is 5.69 Å². The number of hydrogen-bond acceptors (Lipinski definition) is 2. The maximum absolute atomic E-state index is 3.60. The number of rotatable bonds is 3. The van der Waals surface area contributed by atoms with Crippen LogP contribution in [0, 0.1) is 6.92 Å². The molecule has 0 bridgehead atoms. The first-order chi connectivity index (χ1) is 7.84. The van der Waals surface area contributed by atoms with Gasteiger partial charge in [0.1, 0.15) is 0 Å². The Hall–Kier alpha value is -1.02. The van der Waals surface area contributed by atoms with Crippen molar-refractivity contribution in [3.05, 3.63) is 29.8 Å². The van der Waals surface area contributed by atoms with Gasteiger partial charge >= 0.3 is 0 Å². The molecule has 1 fully saturated rings. The third-order valence-electron chi connectivity index (χ3n) is 3.23.